The summed E-state index contributed by atoms with van der Waals surface area (Å²) < 4.78 is 24.4. The highest BCUT2D eigenvalue weighted by molar-refractivity contribution is 7.91. The SMILES string of the molecule is CCC(N)c1cnn(C2CCS(=O)(=O)C2)c1. The second-order valence-corrected chi connectivity index (χ2v) is 6.55. The average Bonchev–Trinajstić information content (AvgIpc) is 2.83. The van der Waals surface area contributed by atoms with Gasteiger partial charge in [-0.3, -0.25) is 4.68 Å². The van der Waals surface area contributed by atoms with Crippen molar-refractivity contribution in [3.8, 4) is 0 Å². The molecule has 1 saturated heterocycles. The first-order valence-electron chi connectivity index (χ1n) is 5.52. The lowest BCUT2D eigenvalue weighted by molar-refractivity contribution is 0.498. The van der Waals surface area contributed by atoms with Gasteiger partial charge in [0.1, 0.15) is 0 Å². The van der Waals surface area contributed by atoms with Crippen molar-refractivity contribution in [3.05, 3.63) is 18.0 Å². The Labute approximate surface area is 95.6 Å². The molecule has 6 heteroatoms. The molecule has 1 aromatic rings. The third-order valence-electron chi connectivity index (χ3n) is 3.07. The molecule has 0 radical (unpaired) electrons. The number of nitrogens with two attached hydrogens (primary N) is 1. The molecule has 1 aromatic heterocycles. The lowest BCUT2D eigenvalue weighted by atomic mass is 10.1. The van der Waals surface area contributed by atoms with Gasteiger partial charge >= 0.3 is 0 Å². The van der Waals surface area contributed by atoms with E-state index in [0.29, 0.717) is 6.42 Å². The summed E-state index contributed by atoms with van der Waals surface area (Å²) in [6.45, 7) is 2.02. The molecular weight excluding hydrogens is 226 g/mol. The van der Waals surface area contributed by atoms with Crippen LogP contribution in [0.25, 0.3) is 0 Å². The van der Waals surface area contributed by atoms with Crippen LogP contribution in [-0.2, 0) is 9.84 Å². The Morgan fingerprint density at radius 3 is 3.00 bits per heavy atom. The first-order valence-corrected chi connectivity index (χ1v) is 7.34. The van der Waals surface area contributed by atoms with Gasteiger partial charge in [0.15, 0.2) is 9.84 Å². The van der Waals surface area contributed by atoms with Crippen molar-refractivity contribution in [3.63, 3.8) is 0 Å². The van der Waals surface area contributed by atoms with Crippen molar-refractivity contribution in [1.29, 1.82) is 0 Å². The minimum atomic E-state index is -2.85. The van der Waals surface area contributed by atoms with Gasteiger partial charge in [-0.2, -0.15) is 5.10 Å². The van der Waals surface area contributed by atoms with Crippen LogP contribution in [0.2, 0.25) is 0 Å². The van der Waals surface area contributed by atoms with E-state index in [0.717, 1.165) is 12.0 Å². The molecule has 2 atom stereocenters. The Hall–Kier alpha value is -0.880. The molecule has 2 heterocycles. The summed E-state index contributed by atoms with van der Waals surface area (Å²) in [7, 11) is -2.85. The minimum Gasteiger partial charge on any atom is -0.324 e. The van der Waals surface area contributed by atoms with E-state index in [2.05, 4.69) is 5.10 Å². The Morgan fingerprint density at radius 2 is 2.44 bits per heavy atom. The monoisotopic (exact) mass is 243 g/mol. The number of nitrogens with zero attached hydrogens (tertiary/aromatic N) is 2. The molecule has 16 heavy (non-hydrogen) atoms. The number of sulfone groups is 1. The molecule has 0 aromatic carbocycles. The van der Waals surface area contributed by atoms with E-state index >= 15 is 0 Å². The summed E-state index contributed by atoms with van der Waals surface area (Å²) >= 11 is 0. The number of rotatable bonds is 3. The number of hydrogen-bond acceptors (Lipinski definition) is 4. The maximum atomic E-state index is 11.3. The molecule has 2 N–H and O–H groups in total. The normalized spacial score (nSPS) is 25.8. The molecule has 5 nitrogen and oxygen atoms in total. The average molecular weight is 243 g/mol. The first kappa shape index (κ1) is 11.6. The molecular formula is C10H17N3O2S. The van der Waals surface area contributed by atoms with Crippen LogP contribution >= 0.6 is 0 Å². The van der Waals surface area contributed by atoms with E-state index in [1.54, 1.807) is 10.9 Å². The molecule has 2 rings (SSSR count). The maximum absolute atomic E-state index is 11.3. The molecule has 1 aliphatic heterocycles. The Balaban J connectivity index is 2.14. The van der Waals surface area contributed by atoms with E-state index in [9.17, 15) is 8.42 Å². The third kappa shape index (κ3) is 2.27. The van der Waals surface area contributed by atoms with Gasteiger partial charge in [0, 0.05) is 17.8 Å². The second kappa shape index (κ2) is 4.18. The van der Waals surface area contributed by atoms with Gasteiger partial charge in [-0.15, -0.1) is 0 Å². The van der Waals surface area contributed by atoms with Crippen molar-refractivity contribution >= 4 is 9.84 Å². The maximum Gasteiger partial charge on any atom is 0.152 e. The molecule has 1 aliphatic rings. The highest BCUT2D eigenvalue weighted by atomic mass is 32.2. The predicted molar refractivity (Wildman–Crippen MR) is 61.8 cm³/mol. The predicted octanol–water partition coefficient (Wildman–Crippen LogP) is 0.652. The van der Waals surface area contributed by atoms with Crippen LogP contribution in [0, 0.1) is 0 Å². The van der Waals surface area contributed by atoms with Gasteiger partial charge in [0.05, 0.1) is 23.7 Å². The van der Waals surface area contributed by atoms with E-state index in [4.69, 9.17) is 5.73 Å². The van der Waals surface area contributed by atoms with Crippen LogP contribution in [-0.4, -0.2) is 29.7 Å². The molecule has 0 amide bonds. The van der Waals surface area contributed by atoms with Crippen molar-refractivity contribution in [2.75, 3.05) is 11.5 Å². The smallest absolute Gasteiger partial charge is 0.152 e. The quantitative estimate of drug-likeness (QED) is 0.845. The summed E-state index contributed by atoms with van der Waals surface area (Å²) in [4.78, 5) is 0. The highest BCUT2D eigenvalue weighted by Crippen LogP contribution is 2.24. The molecule has 2 unspecified atom stereocenters. The molecule has 1 fully saturated rings. The van der Waals surface area contributed by atoms with Crippen LogP contribution < -0.4 is 5.73 Å². The Bertz CT molecular complexity index is 466. The molecule has 0 bridgehead atoms. The van der Waals surface area contributed by atoms with Gasteiger partial charge in [0.2, 0.25) is 0 Å². The van der Waals surface area contributed by atoms with Gasteiger partial charge in [-0.25, -0.2) is 8.42 Å². The van der Waals surface area contributed by atoms with Gasteiger partial charge in [0.25, 0.3) is 0 Å². The molecule has 90 valence electrons. The van der Waals surface area contributed by atoms with E-state index < -0.39 is 9.84 Å². The standard InChI is InChI=1S/C10H17N3O2S/c1-2-10(11)8-5-12-13(6-8)9-3-4-16(14,15)7-9/h5-6,9-10H,2-4,7,11H2,1H3. The van der Waals surface area contributed by atoms with Crippen LogP contribution in [0.4, 0.5) is 0 Å². The van der Waals surface area contributed by atoms with Crippen LogP contribution in [0.3, 0.4) is 0 Å². The highest BCUT2D eigenvalue weighted by Gasteiger charge is 2.29. The topological polar surface area (TPSA) is 78.0 Å². The summed E-state index contributed by atoms with van der Waals surface area (Å²) in [5, 5.41) is 4.20. The summed E-state index contributed by atoms with van der Waals surface area (Å²) in [6.07, 6.45) is 5.12. The van der Waals surface area contributed by atoms with Crippen LogP contribution in [0.1, 0.15) is 37.4 Å². The Morgan fingerprint density at radius 1 is 1.69 bits per heavy atom. The largest absolute Gasteiger partial charge is 0.324 e. The summed E-state index contributed by atoms with van der Waals surface area (Å²) in [5.41, 5.74) is 6.87. The van der Waals surface area contributed by atoms with Crippen molar-refractivity contribution in [2.24, 2.45) is 5.73 Å². The second-order valence-electron chi connectivity index (χ2n) is 4.33. The summed E-state index contributed by atoms with van der Waals surface area (Å²) in [6, 6.07) is -0.0189. The van der Waals surface area contributed by atoms with E-state index in [1.165, 1.54) is 0 Å². The molecule has 0 spiro atoms. The summed E-state index contributed by atoms with van der Waals surface area (Å²) in [5.74, 6) is 0.474. The Kier molecular flexibility index (Phi) is 3.03. The zero-order chi connectivity index (χ0) is 11.8. The van der Waals surface area contributed by atoms with Crippen molar-refractivity contribution < 1.29 is 8.42 Å². The van der Waals surface area contributed by atoms with Crippen LogP contribution in [0.5, 0.6) is 0 Å². The fraction of sp³-hybridized carbons (Fsp3) is 0.700. The van der Waals surface area contributed by atoms with E-state index in [-0.39, 0.29) is 23.6 Å². The van der Waals surface area contributed by atoms with Crippen LogP contribution in [0.15, 0.2) is 12.4 Å². The molecule has 0 aliphatic carbocycles. The lowest BCUT2D eigenvalue weighted by Crippen LogP contribution is -2.12. The van der Waals surface area contributed by atoms with Gasteiger partial charge < -0.3 is 5.73 Å². The fourth-order valence-electron chi connectivity index (χ4n) is 1.96. The number of hydrogen-bond donors (Lipinski definition) is 1. The third-order valence-corrected chi connectivity index (χ3v) is 4.82. The number of aromatic nitrogens is 2. The van der Waals surface area contributed by atoms with E-state index in [1.807, 2.05) is 13.1 Å². The van der Waals surface area contributed by atoms with Crippen molar-refractivity contribution in [2.45, 2.75) is 31.8 Å². The zero-order valence-corrected chi connectivity index (χ0v) is 10.2. The minimum absolute atomic E-state index is 0.00763. The first-order chi connectivity index (χ1) is 7.52. The van der Waals surface area contributed by atoms with Gasteiger partial charge in [-0.05, 0) is 12.8 Å². The fourth-order valence-corrected chi connectivity index (χ4v) is 3.67. The zero-order valence-electron chi connectivity index (χ0n) is 9.33. The van der Waals surface area contributed by atoms with Crippen molar-refractivity contribution in [1.82, 2.24) is 9.78 Å². The van der Waals surface area contributed by atoms with Gasteiger partial charge in [-0.1, -0.05) is 6.92 Å². The lowest BCUT2D eigenvalue weighted by Gasteiger charge is -2.08. The molecule has 0 saturated carbocycles.